The molecule has 0 spiro atoms. The third-order valence-corrected chi connectivity index (χ3v) is 6.30. The third-order valence-electron chi connectivity index (χ3n) is 4.92. The fraction of sp³-hybridized carbons (Fsp3) is 0.160. The summed E-state index contributed by atoms with van der Waals surface area (Å²) in [5.41, 5.74) is 2.48. The Morgan fingerprint density at radius 1 is 1.09 bits per heavy atom. The van der Waals surface area contributed by atoms with Crippen LogP contribution >= 0.6 is 24.0 Å². The first-order valence-electron chi connectivity index (χ1n) is 10.2. The number of thioether (sulfide) groups is 1. The number of thiocarbonyl (C=S) groups is 1. The topological polar surface area (TPSA) is 59.8 Å². The summed E-state index contributed by atoms with van der Waals surface area (Å²) in [6, 6.07) is 20.7. The van der Waals surface area contributed by atoms with E-state index in [0.29, 0.717) is 39.5 Å². The van der Waals surface area contributed by atoms with Crippen LogP contribution in [0.5, 0.6) is 0 Å². The first-order valence-corrected chi connectivity index (χ1v) is 11.4. The summed E-state index contributed by atoms with van der Waals surface area (Å²) in [4.78, 5) is 26.8. The third kappa shape index (κ3) is 5.00. The van der Waals surface area contributed by atoms with E-state index in [-0.39, 0.29) is 11.9 Å². The van der Waals surface area contributed by atoms with Crippen molar-refractivity contribution in [2.45, 2.75) is 13.3 Å². The summed E-state index contributed by atoms with van der Waals surface area (Å²) in [5.74, 6) is 0.755. The van der Waals surface area contributed by atoms with E-state index in [1.807, 2.05) is 42.5 Å². The van der Waals surface area contributed by atoms with Crippen molar-refractivity contribution in [3.05, 3.63) is 88.5 Å². The zero-order valence-corrected chi connectivity index (χ0v) is 19.1. The lowest BCUT2D eigenvalue weighted by molar-refractivity contribution is -0.122. The smallest absolute Gasteiger partial charge is 0.338 e. The van der Waals surface area contributed by atoms with Crippen LogP contribution in [-0.2, 0) is 16.0 Å². The minimum atomic E-state index is -0.353. The summed E-state index contributed by atoms with van der Waals surface area (Å²) in [7, 11) is 0. The van der Waals surface area contributed by atoms with E-state index in [2.05, 4.69) is 0 Å². The van der Waals surface area contributed by atoms with E-state index < -0.39 is 0 Å². The number of esters is 1. The highest BCUT2D eigenvalue weighted by Crippen LogP contribution is 2.33. The Hall–Kier alpha value is -3.16. The van der Waals surface area contributed by atoms with Gasteiger partial charge in [-0.25, -0.2) is 4.79 Å². The minimum absolute atomic E-state index is 0.104. The molecule has 0 aliphatic carbocycles. The molecule has 1 aromatic heterocycles. The van der Waals surface area contributed by atoms with Gasteiger partial charge in [0.2, 0.25) is 0 Å². The molecule has 0 atom stereocenters. The summed E-state index contributed by atoms with van der Waals surface area (Å²) in [6.45, 7) is 2.65. The van der Waals surface area contributed by atoms with Crippen molar-refractivity contribution in [1.29, 1.82) is 0 Å². The number of hydrogen-bond donors (Lipinski definition) is 0. The number of nitrogens with zero attached hydrogens (tertiary/aromatic N) is 1. The molecular weight excluding hydrogens is 442 g/mol. The van der Waals surface area contributed by atoms with E-state index >= 15 is 0 Å². The molecule has 0 N–H and O–H groups in total. The van der Waals surface area contributed by atoms with E-state index in [4.69, 9.17) is 21.4 Å². The largest absolute Gasteiger partial charge is 0.462 e. The molecule has 32 heavy (non-hydrogen) atoms. The van der Waals surface area contributed by atoms with Crippen LogP contribution in [0.3, 0.4) is 0 Å². The number of carbonyl (C=O) groups excluding carboxylic acids is 2. The number of carbonyl (C=O) groups is 2. The maximum atomic E-state index is 12.8. The van der Waals surface area contributed by atoms with Gasteiger partial charge in [-0.1, -0.05) is 66.4 Å². The van der Waals surface area contributed by atoms with Crippen molar-refractivity contribution in [1.82, 2.24) is 4.90 Å². The molecule has 2 aromatic carbocycles. The van der Waals surface area contributed by atoms with Gasteiger partial charge in [0.15, 0.2) is 0 Å². The van der Waals surface area contributed by atoms with Crippen molar-refractivity contribution in [2.24, 2.45) is 0 Å². The SMILES string of the molecule is CCOC(=O)c1ccc(-c2ccc(C=C3SC(=S)N(CCc4ccccc4)C3=O)o2)cc1. The van der Waals surface area contributed by atoms with Crippen molar-refractivity contribution in [2.75, 3.05) is 13.2 Å². The van der Waals surface area contributed by atoms with Crippen LogP contribution in [0.25, 0.3) is 17.4 Å². The lowest BCUT2D eigenvalue weighted by atomic mass is 10.1. The van der Waals surface area contributed by atoms with Crippen molar-refractivity contribution < 1.29 is 18.7 Å². The van der Waals surface area contributed by atoms with Crippen LogP contribution in [0.15, 0.2) is 76.1 Å². The molecule has 7 heteroatoms. The molecule has 1 aliphatic rings. The van der Waals surface area contributed by atoms with Crippen molar-refractivity contribution in [3.63, 3.8) is 0 Å². The van der Waals surface area contributed by atoms with Gasteiger partial charge in [0.05, 0.1) is 17.1 Å². The molecule has 162 valence electrons. The number of rotatable bonds is 7. The van der Waals surface area contributed by atoms with Crippen molar-refractivity contribution >= 4 is 46.3 Å². The molecule has 0 radical (unpaired) electrons. The number of ether oxygens (including phenoxy) is 1. The first-order chi connectivity index (χ1) is 15.5. The maximum absolute atomic E-state index is 12.8. The second kappa shape index (κ2) is 9.97. The van der Waals surface area contributed by atoms with Gasteiger partial charge in [0.25, 0.3) is 5.91 Å². The average molecular weight is 464 g/mol. The van der Waals surface area contributed by atoms with Crippen LogP contribution in [-0.4, -0.2) is 34.2 Å². The lowest BCUT2D eigenvalue weighted by Gasteiger charge is -2.14. The Kier molecular flexibility index (Phi) is 6.87. The van der Waals surface area contributed by atoms with Crippen LogP contribution in [0, 0.1) is 0 Å². The predicted octanol–water partition coefficient (Wildman–Crippen LogP) is 5.57. The molecule has 3 aromatic rings. The minimum Gasteiger partial charge on any atom is -0.462 e. The van der Waals surface area contributed by atoms with Gasteiger partial charge >= 0.3 is 5.97 Å². The fourth-order valence-electron chi connectivity index (χ4n) is 3.28. The molecule has 0 saturated carbocycles. The highest BCUT2D eigenvalue weighted by Gasteiger charge is 2.31. The molecule has 1 aliphatic heterocycles. The van der Waals surface area contributed by atoms with E-state index in [1.54, 1.807) is 42.2 Å². The summed E-state index contributed by atoms with van der Waals surface area (Å²) in [6.07, 6.45) is 2.46. The summed E-state index contributed by atoms with van der Waals surface area (Å²) < 4.78 is 11.5. The number of furan rings is 1. The van der Waals surface area contributed by atoms with Gasteiger partial charge in [-0.15, -0.1) is 0 Å². The van der Waals surface area contributed by atoms with E-state index in [9.17, 15) is 9.59 Å². The summed E-state index contributed by atoms with van der Waals surface area (Å²) >= 11 is 6.70. The Balaban J connectivity index is 1.44. The van der Waals surface area contributed by atoms with Gasteiger partial charge in [-0.2, -0.15) is 0 Å². The second-order valence-electron chi connectivity index (χ2n) is 7.07. The monoisotopic (exact) mass is 463 g/mol. The molecule has 1 saturated heterocycles. The molecule has 5 nitrogen and oxygen atoms in total. The fourth-order valence-corrected chi connectivity index (χ4v) is 4.57. The number of hydrogen-bond acceptors (Lipinski definition) is 6. The first kappa shape index (κ1) is 22.0. The highest BCUT2D eigenvalue weighted by molar-refractivity contribution is 8.26. The zero-order valence-electron chi connectivity index (χ0n) is 17.4. The van der Waals surface area contributed by atoms with Gasteiger partial charge in [-0.05, 0) is 43.2 Å². The quantitative estimate of drug-likeness (QED) is 0.259. The molecule has 0 unspecified atom stereocenters. The zero-order chi connectivity index (χ0) is 22.5. The summed E-state index contributed by atoms with van der Waals surface area (Å²) in [5, 5.41) is 0. The van der Waals surface area contributed by atoms with Gasteiger partial charge in [0.1, 0.15) is 15.8 Å². The molecule has 4 rings (SSSR count). The lowest BCUT2D eigenvalue weighted by Crippen LogP contribution is -2.30. The van der Waals surface area contributed by atoms with Crippen LogP contribution in [0.2, 0.25) is 0 Å². The molecule has 1 amide bonds. The van der Waals surface area contributed by atoms with E-state index in [0.717, 1.165) is 17.5 Å². The van der Waals surface area contributed by atoms with Gasteiger partial charge < -0.3 is 9.15 Å². The number of amides is 1. The van der Waals surface area contributed by atoms with Gasteiger partial charge in [-0.3, -0.25) is 9.69 Å². The molecule has 2 heterocycles. The maximum Gasteiger partial charge on any atom is 0.338 e. The number of benzene rings is 2. The van der Waals surface area contributed by atoms with Crippen LogP contribution < -0.4 is 0 Å². The second-order valence-corrected chi connectivity index (χ2v) is 8.74. The Morgan fingerprint density at radius 2 is 1.84 bits per heavy atom. The van der Waals surface area contributed by atoms with Crippen molar-refractivity contribution in [3.8, 4) is 11.3 Å². The average Bonchev–Trinajstić information content (AvgIpc) is 3.38. The normalized spacial score (nSPS) is 14.9. The Labute approximate surface area is 196 Å². The Morgan fingerprint density at radius 3 is 2.56 bits per heavy atom. The molecule has 1 fully saturated rings. The van der Waals surface area contributed by atoms with Crippen LogP contribution in [0.1, 0.15) is 28.6 Å². The Bertz CT molecular complexity index is 1170. The molecule has 0 bridgehead atoms. The van der Waals surface area contributed by atoms with Gasteiger partial charge in [0, 0.05) is 18.2 Å². The van der Waals surface area contributed by atoms with E-state index in [1.165, 1.54) is 11.8 Å². The molecular formula is C25H21NO4S2. The highest BCUT2D eigenvalue weighted by atomic mass is 32.2. The predicted molar refractivity (Wildman–Crippen MR) is 130 cm³/mol. The van der Waals surface area contributed by atoms with Crippen LogP contribution in [0.4, 0.5) is 0 Å². The standard InChI is InChI=1S/C25H21NO4S2/c1-2-29-24(28)19-10-8-18(9-11-19)21-13-12-20(30-21)16-22-23(27)26(25(31)32-22)15-14-17-6-4-3-5-7-17/h3-13,16H,2,14-15H2,1H3.